The summed E-state index contributed by atoms with van der Waals surface area (Å²) >= 11 is 1.48. The highest BCUT2D eigenvalue weighted by molar-refractivity contribution is 7.17. The number of nitrogens with zero attached hydrogens (tertiary/aromatic N) is 2. The topological polar surface area (TPSA) is 94.6 Å². The SMILES string of the molecule is O=c1c2ccsc2ccn1C[C@H](O)COc1ccccc1[N+](=O)[O-]. The fraction of sp³-hybridized carbons (Fsp3) is 0.188. The Balaban J connectivity index is 1.69. The molecule has 0 fully saturated rings. The van der Waals surface area contributed by atoms with Gasteiger partial charge in [-0.25, -0.2) is 0 Å². The number of hydrogen-bond acceptors (Lipinski definition) is 6. The second kappa shape index (κ2) is 6.81. The number of aromatic nitrogens is 1. The van der Waals surface area contributed by atoms with Crippen molar-refractivity contribution in [3.63, 3.8) is 0 Å². The maximum absolute atomic E-state index is 12.3. The molecule has 3 aromatic rings. The Hall–Kier alpha value is -2.71. The van der Waals surface area contributed by atoms with Crippen molar-refractivity contribution in [2.75, 3.05) is 6.61 Å². The number of nitro groups is 1. The van der Waals surface area contributed by atoms with E-state index in [4.69, 9.17) is 4.74 Å². The molecule has 7 nitrogen and oxygen atoms in total. The number of nitro benzene ring substituents is 1. The Morgan fingerprint density at radius 2 is 2.08 bits per heavy atom. The molecule has 0 aliphatic carbocycles. The van der Waals surface area contributed by atoms with Crippen LogP contribution >= 0.6 is 11.3 Å². The summed E-state index contributed by atoms with van der Waals surface area (Å²) in [4.78, 5) is 22.6. The lowest BCUT2D eigenvalue weighted by Crippen LogP contribution is -2.29. The Morgan fingerprint density at radius 3 is 2.88 bits per heavy atom. The van der Waals surface area contributed by atoms with Crippen molar-refractivity contribution in [3.05, 3.63) is 68.4 Å². The van der Waals surface area contributed by atoms with Crippen LogP contribution in [0.15, 0.2) is 52.8 Å². The number of hydrogen-bond donors (Lipinski definition) is 1. The molecule has 0 spiro atoms. The van der Waals surface area contributed by atoms with Gasteiger partial charge in [0.05, 0.1) is 16.9 Å². The van der Waals surface area contributed by atoms with Crippen molar-refractivity contribution in [2.24, 2.45) is 0 Å². The fourth-order valence-electron chi connectivity index (χ4n) is 2.35. The molecule has 0 saturated carbocycles. The summed E-state index contributed by atoms with van der Waals surface area (Å²) in [5.74, 6) is 0.0854. The first kappa shape index (κ1) is 16.2. The van der Waals surface area contributed by atoms with Crippen molar-refractivity contribution in [1.82, 2.24) is 4.57 Å². The number of para-hydroxylation sites is 2. The minimum Gasteiger partial charge on any atom is -0.484 e. The average Bonchev–Trinajstić information content (AvgIpc) is 3.05. The number of aliphatic hydroxyl groups excluding tert-OH is 1. The molecule has 3 rings (SSSR count). The second-order valence-corrected chi connectivity index (χ2v) is 6.11. The Labute approximate surface area is 140 Å². The van der Waals surface area contributed by atoms with Gasteiger partial charge in [-0.15, -0.1) is 11.3 Å². The largest absolute Gasteiger partial charge is 0.484 e. The lowest BCUT2D eigenvalue weighted by atomic mass is 10.3. The highest BCUT2D eigenvalue weighted by Crippen LogP contribution is 2.25. The van der Waals surface area contributed by atoms with Gasteiger partial charge in [-0.3, -0.25) is 14.9 Å². The summed E-state index contributed by atoms with van der Waals surface area (Å²) < 4.78 is 7.64. The summed E-state index contributed by atoms with van der Waals surface area (Å²) in [6.45, 7) is -0.107. The number of benzene rings is 1. The molecule has 0 radical (unpaired) electrons. The van der Waals surface area contributed by atoms with Crippen LogP contribution in [-0.2, 0) is 6.54 Å². The fourth-order valence-corrected chi connectivity index (χ4v) is 3.12. The van der Waals surface area contributed by atoms with Crippen LogP contribution in [0.5, 0.6) is 5.75 Å². The molecular weight excluding hydrogens is 332 g/mol. The zero-order valence-electron chi connectivity index (χ0n) is 12.5. The van der Waals surface area contributed by atoms with Gasteiger partial charge in [0.25, 0.3) is 5.56 Å². The number of aliphatic hydroxyl groups is 1. The summed E-state index contributed by atoms with van der Waals surface area (Å²) in [6, 6.07) is 9.51. The summed E-state index contributed by atoms with van der Waals surface area (Å²) in [7, 11) is 0. The number of pyridine rings is 1. The van der Waals surface area contributed by atoms with Crippen LogP contribution in [0.25, 0.3) is 10.1 Å². The normalized spacial score (nSPS) is 12.2. The molecule has 24 heavy (non-hydrogen) atoms. The molecule has 0 saturated heterocycles. The average molecular weight is 346 g/mol. The van der Waals surface area contributed by atoms with E-state index < -0.39 is 11.0 Å². The van der Waals surface area contributed by atoms with Crippen LogP contribution < -0.4 is 10.3 Å². The van der Waals surface area contributed by atoms with Gasteiger partial charge in [0.1, 0.15) is 12.7 Å². The summed E-state index contributed by atoms with van der Waals surface area (Å²) in [6.07, 6.45) is 0.647. The quantitative estimate of drug-likeness (QED) is 0.546. The smallest absolute Gasteiger partial charge is 0.310 e. The molecule has 0 bridgehead atoms. The molecule has 0 amide bonds. The van der Waals surface area contributed by atoms with Gasteiger partial charge in [-0.05, 0) is 23.6 Å². The van der Waals surface area contributed by atoms with E-state index in [-0.39, 0.29) is 30.1 Å². The maximum atomic E-state index is 12.3. The molecule has 1 aromatic carbocycles. The summed E-state index contributed by atoms with van der Waals surface area (Å²) in [5, 5.41) is 23.5. The molecular formula is C16H14N2O5S. The van der Waals surface area contributed by atoms with E-state index in [1.165, 1.54) is 34.1 Å². The summed E-state index contributed by atoms with van der Waals surface area (Å²) in [5.41, 5.74) is -0.347. The monoisotopic (exact) mass is 346 g/mol. The van der Waals surface area contributed by atoms with Gasteiger partial charge in [0.15, 0.2) is 5.75 Å². The Kier molecular flexibility index (Phi) is 4.59. The van der Waals surface area contributed by atoms with Gasteiger partial charge >= 0.3 is 5.69 Å². The van der Waals surface area contributed by atoms with Gasteiger partial charge in [-0.1, -0.05) is 12.1 Å². The highest BCUT2D eigenvalue weighted by Gasteiger charge is 2.16. The van der Waals surface area contributed by atoms with E-state index >= 15 is 0 Å². The predicted molar refractivity (Wildman–Crippen MR) is 90.7 cm³/mol. The van der Waals surface area contributed by atoms with Crippen LogP contribution in [0.2, 0.25) is 0 Å². The molecule has 8 heteroatoms. The first-order valence-corrected chi connectivity index (χ1v) is 8.05. The number of rotatable bonds is 6. The van der Waals surface area contributed by atoms with Gasteiger partial charge in [0, 0.05) is 17.0 Å². The van der Waals surface area contributed by atoms with Crippen LogP contribution in [-0.4, -0.2) is 27.3 Å². The van der Waals surface area contributed by atoms with E-state index in [2.05, 4.69) is 0 Å². The standard InChI is InChI=1S/C16H14N2O5S/c19-11(10-23-14-4-2-1-3-13(14)18(21)22)9-17-7-5-15-12(16(17)20)6-8-24-15/h1-8,11,19H,9-10H2/t11-/m0/s1. The van der Waals surface area contributed by atoms with Gasteiger partial charge in [-0.2, -0.15) is 0 Å². The maximum Gasteiger partial charge on any atom is 0.310 e. The van der Waals surface area contributed by atoms with Gasteiger partial charge < -0.3 is 14.4 Å². The highest BCUT2D eigenvalue weighted by atomic mass is 32.1. The van der Waals surface area contributed by atoms with Crippen LogP contribution in [0, 0.1) is 10.1 Å². The first-order chi connectivity index (χ1) is 11.6. The van der Waals surface area contributed by atoms with Crippen molar-refractivity contribution < 1.29 is 14.8 Å². The third-order valence-electron chi connectivity index (χ3n) is 3.49. The molecule has 0 aliphatic rings. The Morgan fingerprint density at radius 1 is 1.29 bits per heavy atom. The number of fused-ring (bicyclic) bond motifs is 1. The van der Waals surface area contributed by atoms with Crippen LogP contribution in [0.3, 0.4) is 0 Å². The van der Waals surface area contributed by atoms with Crippen molar-refractivity contribution in [2.45, 2.75) is 12.6 Å². The van der Waals surface area contributed by atoms with E-state index in [1.54, 1.807) is 18.3 Å². The Bertz CT molecular complexity index is 933. The minimum absolute atomic E-state index is 0.0469. The zero-order valence-corrected chi connectivity index (χ0v) is 13.3. The predicted octanol–water partition coefficient (Wildman–Crippen LogP) is 2.41. The lowest BCUT2D eigenvalue weighted by Gasteiger charge is -2.14. The molecule has 2 aromatic heterocycles. The number of ether oxygens (including phenoxy) is 1. The van der Waals surface area contributed by atoms with Crippen molar-refractivity contribution in [3.8, 4) is 5.75 Å². The van der Waals surface area contributed by atoms with Crippen molar-refractivity contribution in [1.29, 1.82) is 0 Å². The molecule has 1 N–H and O–H groups in total. The van der Waals surface area contributed by atoms with Crippen molar-refractivity contribution >= 4 is 27.1 Å². The van der Waals surface area contributed by atoms with E-state index in [0.29, 0.717) is 5.39 Å². The molecule has 0 unspecified atom stereocenters. The molecule has 0 aliphatic heterocycles. The molecule has 1 atom stereocenters. The number of thiophene rings is 1. The molecule has 2 heterocycles. The van der Waals surface area contributed by atoms with E-state index in [0.717, 1.165) is 4.70 Å². The second-order valence-electron chi connectivity index (χ2n) is 5.16. The van der Waals surface area contributed by atoms with E-state index in [1.807, 2.05) is 11.4 Å². The first-order valence-electron chi connectivity index (χ1n) is 7.17. The van der Waals surface area contributed by atoms with Gasteiger partial charge in [0.2, 0.25) is 0 Å². The molecule has 124 valence electrons. The lowest BCUT2D eigenvalue weighted by molar-refractivity contribution is -0.385. The minimum atomic E-state index is -0.974. The van der Waals surface area contributed by atoms with Crippen LogP contribution in [0.4, 0.5) is 5.69 Å². The van der Waals surface area contributed by atoms with Crippen LogP contribution in [0.1, 0.15) is 0 Å². The third-order valence-corrected chi connectivity index (χ3v) is 4.38. The zero-order chi connectivity index (χ0) is 17.1. The van der Waals surface area contributed by atoms with E-state index in [9.17, 15) is 20.0 Å². The third kappa shape index (κ3) is 3.29.